The molecule has 2 N–H and O–H groups in total. The van der Waals surface area contributed by atoms with Crippen LogP contribution in [0.3, 0.4) is 0 Å². The van der Waals surface area contributed by atoms with E-state index in [9.17, 15) is 9.90 Å². The molecule has 1 saturated heterocycles. The number of hydrogen-bond donors (Lipinski definition) is 2. The molecule has 0 atom stereocenters. The highest BCUT2D eigenvalue weighted by Gasteiger charge is 2.37. The minimum Gasteiger partial charge on any atom is -0.501 e. The molecular weight excluding hydrogens is 328 g/mol. The van der Waals surface area contributed by atoms with E-state index < -0.39 is 5.60 Å². The first-order chi connectivity index (χ1) is 12.4. The van der Waals surface area contributed by atoms with Crippen LogP contribution in [0.1, 0.15) is 30.1 Å². The monoisotopic (exact) mass is 356 g/mol. The molecule has 1 aromatic rings. The molecule has 140 valence electrons. The minimum atomic E-state index is -1.01. The van der Waals surface area contributed by atoms with Gasteiger partial charge in [0.1, 0.15) is 0 Å². The fraction of sp³-hybridized carbons (Fsp3) is 0.381. The van der Waals surface area contributed by atoms with E-state index in [1.54, 1.807) is 24.2 Å². The molecule has 0 saturated carbocycles. The molecule has 1 aliphatic rings. The third-order valence-electron chi connectivity index (χ3n) is 4.88. The van der Waals surface area contributed by atoms with E-state index >= 15 is 0 Å². The predicted molar refractivity (Wildman–Crippen MR) is 105 cm³/mol. The van der Waals surface area contributed by atoms with Crippen molar-refractivity contribution in [2.75, 3.05) is 32.6 Å². The predicted octanol–water partition coefficient (Wildman–Crippen LogP) is 3.36. The van der Waals surface area contributed by atoms with Gasteiger partial charge in [0, 0.05) is 37.0 Å². The summed E-state index contributed by atoms with van der Waals surface area (Å²) < 4.78 is 5.34. The van der Waals surface area contributed by atoms with E-state index in [1.165, 1.54) is 0 Å². The van der Waals surface area contributed by atoms with Gasteiger partial charge in [-0.25, -0.2) is 0 Å². The molecule has 26 heavy (non-hydrogen) atoms. The Labute approximate surface area is 155 Å². The van der Waals surface area contributed by atoms with Crippen molar-refractivity contribution in [3.8, 4) is 0 Å². The van der Waals surface area contributed by atoms with E-state index in [-0.39, 0.29) is 5.91 Å². The van der Waals surface area contributed by atoms with Crippen LogP contribution in [-0.4, -0.2) is 48.8 Å². The van der Waals surface area contributed by atoms with Crippen LogP contribution in [0.2, 0.25) is 0 Å². The maximum atomic E-state index is 12.7. The number of hydrogen-bond acceptors (Lipinski definition) is 4. The quantitative estimate of drug-likeness (QED) is 0.606. The number of piperidine rings is 1. The number of amides is 1. The number of aliphatic hydroxyl groups is 1. The molecule has 0 unspecified atom stereocenters. The van der Waals surface area contributed by atoms with Crippen LogP contribution in [0.5, 0.6) is 0 Å². The van der Waals surface area contributed by atoms with Gasteiger partial charge in [-0.2, -0.15) is 0 Å². The van der Waals surface area contributed by atoms with Crippen LogP contribution in [-0.2, 0) is 4.74 Å². The molecule has 1 amide bonds. The summed E-state index contributed by atoms with van der Waals surface area (Å²) in [6.07, 6.45) is 6.21. The van der Waals surface area contributed by atoms with Crippen LogP contribution < -0.4 is 5.32 Å². The lowest BCUT2D eigenvalue weighted by Crippen LogP contribution is -2.47. The van der Waals surface area contributed by atoms with Gasteiger partial charge < -0.3 is 20.1 Å². The Balaban J connectivity index is 2.12. The molecule has 0 aliphatic carbocycles. The maximum absolute atomic E-state index is 12.7. The second-order valence-corrected chi connectivity index (χ2v) is 6.42. The number of carbonyl (C=O) groups is 1. The summed E-state index contributed by atoms with van der Waals surface area (Å²) in [5.74, 6) is 0.665. The van der Waals surface area contributed by atoms with E-state index in [0.29, 0.717) is 37.3 Å². The van der Waals surface area contributed by atoms with Gasteiger partial charge in [-0.3, -0.25) is 4.79 Å². The third kappa shape index (κ3) is 4.35. The van der Waals surface area contributed by atoms with Gasteiger partial charge in [-0.05, 0) is 44.0 Å². The first kappa shape index (κ1) is 19.8. The first-order valence-electron chi connectivity index (χ1n) is 8.79. The Morgan fingerprint density at radius 2 is 1.92 bits per heavy atom. The highest BCUT2D eigenvalue weighted by atomic mass is 16.5. The summed E-state index contributed by atoms with van der Waals surface area (Å²) in [5, 5.41) is 14.2. The molecule has 1 heterocycles. The molecule has 0 bridgehead atoms. The average Bonchev–Trinajstić information content (AvgIpc) is 2.68. The van der Waals surface area contributed by atoms with Crippen molar-refractivity contribution >= 4 is 11.6 Å². The van der Waals surface area contributed by atoms with Gasteiger partial charge in [0.25, 0.3) is 5.91 Å². The zero-order valence-corrected chi connectivity index (χ0v) is 15.8. The fourth-order valence-electron chi connectivity index (χ4n) is 3.19. The van der Waals surface area contributed by atoms with Crippen molar-refractivity contribution in [2.24, 2.45) is 0 Å². The maximum Gasteiger partial charge on any atom is 0.253 e. The molecule has 0 radical (unpaired) electrons. The molecule has 1 aliphatic heterocycles. The second-order valence-electron chi connectivity index (χ2n) is 6.42. The van der Waals surface area contributed by atoms with Gasteiger partial charge in [0.15, 0.2) is 0 Å². The number of rotatable bonds is 6. The average molecular weight is 356 g/mol. The van der Waals surface area contributed by atoms with Crippen molar-refractivity contribution in [1.82, 2.24) is 4.90 Å². The molecule has 1 fully saturated rings. The summed E-state index contributed by atoms with van der Waals surface area (Å²) in [5.41, 5.74) is 1.36. The zero-order chi connectivity index (χ0) is 19.2. The summed E-state index contributed by atoms with van der Waals surface area (Å²) in [6.45, 7) is 6.50. The number of benzene rings is 1. The Kier molecular flexibility index (Phi) is 6.64. The van der Waals surface area contributed by atoms with Crippen molar-refractivity contribution in [1.29, 1.82) is 0 Å². The van der Waals surface area contributed by atoms with Crippen molar-refractivity contribution < 1.29 is 14.6 Å². The molecule has 5 heteroatoms. The summed E-state index contributed by atoms with van der Waals surface area (Å²) in [4.78, 5) is 14.5. The SMILES string of the molecule is C=C/C=C\C(=C(/C)OC)C1(O)CCN(C(=O)c2ccc(NC)cc2)CC1. The molecule has 1 aromatic carbocycles. The Bertz CT molecular complexity index is 696. The van der Waals surface area contributed by atoms with E-state index in [1.807, 2.05) is 44.3 Å². The number of allylic oxidation sites excluding steroid dienone is 3. The smallest absolute Gasteiger partial charge is 0.253 e. The summed E-state index contributed by atoms with van der Waals surface area (Å²) in [6, 6.07) is 7.41. The molecule has 0 aromatic heterocycles. The fourth-order valence-corrected chi connectivity index (χ4v) is 3.19. The number of nitrogens with one attached hydrogen (secondary N) is 1. The van der Waals surface area contributed by atoms with E-state index in [4.69, 9.17) is 4.74 Å². The van der Waals surface area contributed by atoms with Gasteiger partial charge in [0.2, 0.25) is 0 Å². The van der Waals surface area contributed by atoms with Crippen LogP contribution in [0, 0.1) is 0 Å². The number of methoxy groups -OCH3 is 1. The number of likely N-dealkylation sites (tertiary alicyclic amines) is 1. The first-order valence-corrected chi connectivity index (χ1v) is 8.79. The Morgan fingerprint density at radius 1 is 1.31 bits per heavy atom. The van der Waals surface area contributed by atoms with Crippen LogP contribution in [0.25, 0.3) is 0 Å². The standard InChI is InChI=1S/C21H28N2O3/c1-5-6-7-19(16(2)26-4)21(25)12-14-23(15-13-21)20(24)17-8-10-18(22-3)11-9-17/h5-11,22,25H,1,12-15H2,2-4H3/b7-6-,19-16-. The minimum absolute atomic E-state index is 0.00895. The normalized spacial score (nSPS) is 17.6. The lowest BCUT2D eigenvalue weighted by molar-refractivity contribution is 0.0100. The van der Waals surface area contributed by atoms with Crippen LogP contribution in [0.15, 0.2) is 60.4 Å². The third-order valence-corrected chi connectivity index (χ3v) is 4.88. The Hall–Kier alpha value is -2.53. The highest BCUT2D eigenvalue weighted by Crippen LogP contribution is 2.33. The number of nitrogens with zero attached hydrogens (tertiary/aromatic N) is 1. The zero-order valence-electron chi connectivity index (χ0n) is 15.8. The van der Waals surface area contributed by atoms with Crippen molar-refractivity contribution in [2.45, 2.75) is 25.4 Å². The number of ether oxygens (including phenoxy) is 1. The topological polar surface area (TPSA) is 61.8 Å². The largest absolute Gasteiger partial charge is 0.501 e. The van der Waals surface area contributed by atoms with Crippen LogP contribution >= 0.6 is 0 Å². The molecule has 2 rings (SSSR count). The van der Waals surface area contributed by atoms with E-state index in [0.717, 1.165) is 11.3 Å². The number of carbonyl (C=O) groups excluding carboxylic acids is 1. The van der Waals surface area contributed by atoms with Crippen molar-refractivity contribution in [3.05, 3.63) is 66.0 Å². The van der Waals surface area contributed by atoms with Crippen molar-refractivity contribution in [3.63, 3.8) is 0 Å². The van der Waals surface area contributed by atoms with E-state index in [2.05, 4.69) is 11.9 Å². The van der Waals surface area contributed by atoms with Gasteiger partial charge in [0.05, 0.1) is 18.5 Å². The summed E-state index contributed by atoms with van der Waals surface area (Å²) in [7, 11) is 3.43. The Morgan fingerprint density at radius 3 is 2.42 bits per heavy atom. The lowest BCUT2D eigenvalue weighted by atomic mass is 9.83. The molecular formula is C21H28N2O3. The van der Waals surface area contributed by atoms with Gasteiger partial charge in [-0.15, -0.1) is 0 Å². The van der Waals surface area contributed by atoms with Gasteiger partial charge in [-0.1, -0.05) is 24.8 Å². The second kappa shape index (κ2) is 8.72. The number of anilines is 1. The summed E-state index contributed by atoms with van der Waals surface area (Å²) >= 11 is 0. The lowest BCUT2D eigenvalue weighted by Gasteiger charge is -2.39. The highest BCUT2D eigenvalue weighted by molar-refractivity contribution is 5.94. The molecule has 5 nitrogen and oxygen atoms in total. The molecule has 0 spiro atoms. The van der Waals surface area contributed by atoms with Crippen LogP contribution in [0.4, 0.5) is 5.69 Å². The van der Waals surface area contributed by atoms with Gasteiger partial charge >= 0.3 is 0 Å².